The van der Waals surface area contributed by atoms with E-state index in [0.29, 0.717) is 34.1 Å². The molecular formula is C21H22O6. The highest BCUT2D eigenvalue weighted by molar-refractivity contribution is 5.95. The first-order valence-corrected chi connectivity index (χ1v) is 8.39. The molecule has 6 heteroatoms. The van der Waals surface area contributed by atoms with Gasteiger partial charge in [-0.05, 0) is 55.3 Å². The number of methoxy groups -OCH3 is 3. The summed E-state index contributed by atoms with van der Waals surface area (Å²) < 4.78 is 22.0. The van der Waals surface area contributed by atoms with Crippen molar-refractivity contribution in [3.05, 3.63) is 41.5 Å². The first-order valence-electron chi connectivity index (χ1n) is 8.39. The molecule has 0 unspecified atom stereocenters. The minimum atomic E-state index is -1.05. The number of hydrogen-bond acceptors (Lipinski definition) is 5. The Labute approximate surface area is 157 Å². The third-order valence-corrected chi connectivity index (χ3v) is 4.38. The Kier molecular flexibility index (Phi) is 4.74. The molecule has 2 aromatic carbocycles. The fourth-order valence-electron chi connectivity index (χ4n) is 3.05. The van der Waals surface area contributed by atoms with Crippen LogP contribution in [0.4, 0.5) is 0 Å². The second-order valence-corrected chi connectivity index (χ2v) is 6.70. The van der Waals surface area contributed by atoms with Crippen molar-refractivity contribution in [2.45, 2.75) is 19.4 Å². The van der Waals surface area contributed by atoms with Gasteiger partial charge in [-0.3, -0.25) is 0 Å². The Morgan fingerprint density at radius 2 is 1.56 bits per heavy atom. The van der Waals surface area contributed by atoms with Gasteiger partial charge in [0.1, 0.15) is 16.9 Å². The number of carboxylic acids is 1. The van der Waals surface area contributed by atoms with Crippen molar-refractivity contribution < 1.29 is 28.8 Å². The van der Waals surface area contributed by atoms with Crippen molar-refractivity contribution in [1.82, 2.24) is 0 Å². The van der Waals surface area contributed by atoms with E-state index in [4.69, 9.17) is 18.9 Å². The van der Waals surface area contributed by atoms with E-state index in [-0.39, 0.29) is 5.56 Å². The minimum Gasteiger partial charge on any atom is -0.493 e. The van der Waals surface area contributed by atoms with Gasteiger partial charge >= 0.3 is 5.97 Å². The smallest absolute Gasteiger partial charge is 0.339 e. The van der Waals surface area contributed by atoms with Crippen LogP contribution in [0.2, 0.25) is 0 Å². The first-order chi connectivity index (χ1) is 12.8. The molecule has 0 aromatic heterocycles. The largest absolute Gasteiger partial charge is 0.493 e. The van der Waals surface area contributed by atoms with E-state index in [1.165, 1.54) is 21.3 Å². The number of aromatic carboxylic acids is 1. The maximum atomic E-state index is 11.8. The Morgan fingerprint density at radius 3 is 2.07 bits per heavy atom. The van der Waals surface area contributed by atoms with Crippen LogP contribution >= 0.6 is 0 Å². The number of carbonyl (C=O) groups is 1. The molecule has 3 rings (SSSR count). The van der Waals surface area contributed by atoms with E-state index in [0.717, 1.165) is 5.56 Å². The minimum absolute atomic E-state index is 0.105. The second-order valence-electron chi connectivity index (χ2n) is 6.70. The molecule has 0 spiro atoms. The molecule has 0 saturated heterocycles. The van der Waals surface area contributed by atoms with Gasteiger partial charge in [-0.15, -0.1) is 0 Å². The highest BCUT2D eigenvalue weighted by atomic mass is 16.5. The summed E-state index contributed by atoms with van der Waals surface area (Å²) in [5, 5.41) is 9.69. The van der Waals surface area contributed by atoms with E-state index in [9.17, 15) is 9.90 Å². The molecule has 0 bridgehead atoms. The maximum absolute atomic E-state index is 11.8. The number of fused-ring (bicyclic) bond motifs is 1. The van der Waals surface area contributed by atoms with Gasteiger partial charge in [0.15, 0.2) is 11.5 Å². The van der Waals surface area contributed by atoms with Gasteiger partial charge in [-0.25, -0.2) is 4.79 Å². The lowest BCUT2D eigenvalue weighted by Gasteiger charge is -2.29. The van der Waals surface area contributed by atoms with E-state index in [1.807, 2.05) is 32.1 Å². The van der Waals surface area contributed by atoms with Gasteiger partial charge in [0.2, 0.25) is 5.75 Å². The molecule has 1 N–H and O–H groups in total. The van der Waals surface area contributed by atoms with Crippen molar-refractivity contribution in [1.29, 1.82) is 0 Å². The van der Waals surface area contributed by atoms with E-state index in [2.05, 4.69) is 0 Å². The highest BCUT2D eigenvalue weighted by Gasteiger charge is 2.27. The van der Waals surface area contributed by atoms with Crippen LogP contribution in [0, 0.1) is 0 Å². The van der Waals surface area contributed by atoms with Crippen molar-refractivity contribution in [2.75, 3.05) is 21.3 Å². The standard InChI is InChI=1S/C21H22O6/c1-21(2)7-6-12-8-13(9-15(20(22)23)18(12)27-21)14-10-16(24-3)19(26-5)17(11-14)25-4/h6-11H,1-5H3,(H,22,23). The van der Waals surface area contributed by atoms with Crippen molar-refractivity contribution in [2.24, 2.45) is 0 Å². The second kappa shape index (κ2) is 6.87. The Morgan fingerprint density at radius 1 is 0.963 bits per heavy atom. The summed E-state index contributed by atoms with van der Waals surface area (Å²) in [5.74, 6) is 0.784. The van der Waals surface area contributed by atoms with Gasteiger partial charge in [0.05, 0.1) is 21.3 Å². The number of carboxylic acid groups (broad SMARTS) is 1. The first kappa shape index (κ1) is 18.6. The van der Waals surface area contributed by atoms with Crippen LogP contribution in [0.25, 0.3) is 17.2 Å². The molecule has 2 aromatic rings. The zero-order valence-electron chi connectivity index (χ0n) is 16.0. The average Bonchev–Trinajstić information content (AvgIpc) is 2.65. The number of ether oxygens (including phenoxy) is 4. The summed E-state index contributed by atoms with van der Waals surface area (Å²) in [5.41, 5.74) is 1.70. The van der Waals surface area contributed by atoms with Gasteiger partial charge in [0.25, 0.3) is 0 Å². The fourth-order valence-corrected chi connectivity index (χ4v) is 3.05. The van der Waals surface area contributed by atoms with Crippen LogP contribution < -0.4 is 18.9 Å². The molecule has 1 aliphatic rings. The number of benzene rings is 2. The van der Waals surface area contributed by atoms with Crippen LogP contribution in [0.15, 0.2) is 30.3 Å². The van der Waals surface area contributed by atoms with Gasteiger partial charge in [0, 0.05) is 5.56 Å². The Bertz CT molecular complexity index is 902. The monoisotopic (exact) mass is 370 g/mol. The van der Waals surface area contributed by atoms with Crippen LogP contribution in [0.3, 0.4) is 0 Å². The van der Waals surface area contributed by atoms with Crippen LogP contribution in [-0.2, 0) is 0 Å². The van der Waals surface area contributed by atoms with E-state index < -0.39 is 11.6 Å². The quantitative estimate of drug-likeness (QED) is 0.848. The molecule has 0 amide bonds. The Balaban J connectivity index is 2.22. The highest BCUT2D eigenvalue weighted by Crippen LogP contribution is 2.43. The van der Waals surface area contributed by atoms with Crippen molar-refractivity contribution in [3.8, 4) is 34.1 Å². The molecule has 27 heavy (non-hydrogen) atoms. The Hall–Kier alpha value is -3.15. The predicted molar refractivity (Wildman–Crippen MR) is 102 cm³/mol. The lowest BCUT2D eigenvalue weighted by Crippen LogP contribution is -2.28. The summed E-state index contributed by atoms with van der Waals surface area (Å²) in [6.07, 6.45) is 3.78. The fraction of sp³-hybridized carbons (Fsp3) is 0.286. The SMILES string of the molecule is COc1cc(-c2cc3c(c(C(=O)O)c2)OC(C)(C)C=C3)cc(OC)c1OC. The molecule has 1 aliphatic heterocycles. The molecule has 1 heterocycles. The summed E-state index contributed by atoms with van der Waals surface area (Å²) >= 11 is 0. The lowest BCUT2D eigenvalue weighted by atomic mass is 9.94. The molecule has 142 valence electrons. The van der Waals surface area contributed by atoms with E-state index in [1.54, 1.807) is 18.2 Å². The summed E-state index contributed by atoms with van der Waals surface area (Å²) in [4.78, 5) is 11.8. The van der Waals surface area contributed by atoms with Crippen LogP contribution in [-0.4, -0.2) is 38.0 Å². The molecule has 0 aliphatic carbocycles. The lowest BCUT2D eigenvalue weighted by molar-refractivity contribution is 0.0685. The van der Waals surface area contributed by atoms with E-state index >= 15 is 0 Å². The van der Waals surface area contributed by atoms with Gasteiger partial charge < -0.3 is 24.1 Å². The zero-order valence-corrected chi connectivity index (χ0v) is 16.0. The zero-order chi connectivity index (χ0) is 19.8. The molecule has 0 atom stereocenters. The summed E-state index contributed by atoms with van der Waals surface area (Å²) in [7, 11) is 4.61. The third kappa shape index (κ3) is 3.43. The molecule has 0 radical (unpaired) electrons. The number of hydrogen-bond donors (Lipinski definition) is 1. The summed E-state index contributed by atoms with van der Waals surface area (Å²) in [6.45, 7) is 3.76. The molecule has 0 saturated carbocycles. The molecule has 0 fully saturated rings. The topological polar surface area (TPSA) is 74.2 Å². The average molecular weight is 370 g/mol. The molecular weight excluding hydrogens is 348 g/mol. The van der Waals surface area contributed by atoms with Crippen LogP contribution in [0.1, 0.15) is 29.8 Å². The van der Waals surface area contributed by atoms with Gasteiger partial charge in [-0.1, -0.05) is 6.08 Å². The number of rotatable bonds is 5. The van der Waals surface area contributed by atoms with Crippen molar-refractivity contribution >= 4 is 12.0 Å². The predicted octanol–water partition coefficient (Wildman–Crippen LogP) is 4.26. The normalized spacial score (nSPS) is 14.1. The van der Waals surface area contributed by atoms with Crippen LogP contribution in [0.5, 0.6) is 23.0 Å². The van der Waals surface area contributed by atoms with Gasteiger partial charge in [-0.2, -0.15) is 0 Å². The molecule has 6 nitrogen and oxygen atoms in total. The maximum Gasteiger partial charge on any atom is 0.339 e. The summed E-state index contributed by atoms with van der Waals surface area (Å²) in [6, 6.07) is 7.05. The third-order valence-electron chi connectivity index (χ3n) is 4.38. The van der Waals surface area contributed by atoms with Crippen molar-refractivity contribution in [3.63, 3.8) is 0 Å².